The Morgan fingerprint density at radius 1 is 1.05 bits per heavy atom. The monoisotopic (exact) mass is 571 g/mol. The number of hydrogen-bond acceptors (Lipinski definition) is 5. The van der Waals surface area contributed by atoms with Gasteiger partial charge in [0.15, 0.2) is 5.65 Å². The molecule has 7 nitrogen and oxygen atoms in total. The van der Waals surface area contributed by atoms with E-state index in [-0.39, 0.29) is 49.6 Å². The Balaban J connectivity index is 1.79. The lowest BCUT2D eigenvalue weighted by Gasteiger charge is -2.40. The van der Waals surface area contributed by atoms with E-state index in [4.69, 9.17) is 39.8 Å². The zero-order valence-corrected chi connectivity index (χ0v) is 22.4. The Labute approximate surface area is 232 Å². The Morgan fingerprint density at radius 2 is 1.76 bits per heavy atom. The summed E-state index contributed by atoms with van der Waals surface area (Å²) in [4.78, 5) is 38.5. The topological polar surface area (TPSA) is 71.3 Å². The molecule has 3 heterocycles. The maximum atomic E-state index is 14.8. The molecule has 0 unspecified atom stereocenters. The van der Waals surface area contributed by atoms with Gasteiger partial charge in [0, 0.05) is 31.2 Å². The van der Waals surface area contributed by atoms with Gasteiger partial charge in [-0.1, -0.05) is 59.6 Å². The summed E-state index contributed by atoms with van der Waals surface area (Å²) in [5.41, 5.74) is 0.0174. The van der Waals surface area contributed by atoms with Crippen LogP contribution in [0.25, 0.3) is 28.0 Å². The summed E-state index contributed by atoms with van der Waals surface area (Å²) in [6.45, 7) is 6.71. The molecule has 1 atom stereocenters. The van der Waals surface area contributed by atoms with E-state index >= 15 is 0 Å². The highest BCUT2D eigenvalue weighted by Crippen LogP contribution is 2.37. The average molecular weight is 573 g/mol. The largest absolute Gasteiger partial charge is 0.355 e. The number of anilines is 1. The number of carbonyl (C=O) groups is 1. The lowest BCUT2D eigenvalue weighted by atomic mass is 10.1. The van der Waals surface area contributed by atoms with Gasteiger partial charge in [0.2, 0.25) is 5.91 Å². The second-order valence-electron chi connectivity index (χ2n) is 8.82. The van der Waals surface area contributed by atoms with Crippen LogP contribution in [-0.4, -0.2) is 51.0 Å². The van der Waals surface area contributed by atoms with Gasteiger partial charge in [0.05, 0.1) is 31.8 Å². The first-order chi connectivity index (χ1) is 18.2. The molecule has 2 aromatic carbocycles. The molecule has 0 bridgehead atoms. The first-order valence-electron chi connectivity index (χ1n) is 11.7. The van der Waals surface area contributed by atoms with Crippen LogP contribution < -0.4 is 10.6 Å². The minimum Gasteiger partial charge on any atom is -0.350 e. The normalized spacial score (nSPS) is 15.7. The standard InChI is InChI=1S/C27H21Cl3FN5O2/c1-3-22(37)34-11-12-35(15(2)14-34)25-17-13-20(30)23(16-7-4-5-10-21(16)31)32-26(17)36(27(38)33-25)24-18(28)8-6-9-19(24)29/h3-10,13,15H,1,11-12,14H2,2H3/t15-/m0/s1. The van der Waals surface area contributed by atoms with Crippen LogP contribution in [-0.2, 0) is 4.79 Å². The highest BCUT2D eigenvalue weighted by molar-refractivity contribution is 6.38. The van der Waals surface area contributed by atoms with Gasteiger partial charge in [0.25, 0.3) is 0 Å². The van der Waals surface area contributed by atoms with Gasteiger partial charge >= 0.3 is 5.69 Å². The van der Waals surface area contributed by atoms with Crippen LogP contribution in [0.4, 0.5) is 10.2 Å². The van der Waals surface area contributed by atoms with E-state index in [9.17, 15) is 14.0 Å². The average Bonchev–Trinajstić information content (AvgIpc) is 2.89. The van der Waals surface area contributed by atoms with Crippen molar-refractivity contribution in [2.24, 2.45) is 0 Å². The molecule has 0 N–H and O–H groups in total. The number of aromatic nitrogens is 3. The molecule has 1 saturated heterocycles. The van der Waals surface area contributed by atoms with Crippen LogP contribution in [0.1, 0.15) is 6.92 Å². The number of halogens is 4. The van der Waals surface area contributed by atoms with Gasteiger partial charge in [-0.05, 0) is 43.3 Å². The van der Waals surface area contributed by atoms with Crippen molar-refractivity contribution in [3.05, 3.63) is 92.6 Å². The van der Waals surface area contributed by atoms with Crippen molar-refractivity contribution in [2.75, 3.05) is 24.5 Å². The molecule has 194 valence electrons. The fourth-order valence-electron chi connectivity index (χ4n) is 4.67. The number of para-hydroxylation sites is 1. The van der Waals surface area contributed by atoms with Crippen LogP contribution in [0.3, 0.4) is 0 Å². The number of amides is 1. The van der Waals surface area contributed by atoms with Crippen LogP contribution in [0.15, 0.2) is 66.0 Å². The van der Waals surface area contributed by atoms with Crippen LogP contribution >= 0.6 is 34.8 Å². The van der Waals surface area contributed by atoms with Crippen molar-refractivity contribution >= 4 is 57.6 Å². The van der Waals surface area contributed by atoms with E-state index in [1.54, 1.807) is 47.4 Å². The summed E-state index contributed by atoms with van der Waals surface area (Å²) in [6, 6.07) is 12.4. The van der Waals surface area contributed by atoms with Crippen LogP contribution in [0.2, 0.25) is 15.1 Å². The molecule has 0 spiro atoms. The second-order valence-corrected chi connectivity index (χ2v) is 10.0. The van der Waals surface area contributed by atoms with E-state index in [0.717, 1.165) is 0 Å². The fourth-order valence-corrected chi connectivity index (χ4v) is 5.49. The summed E-state index contributed by atoms with van der Waals surface area (Å²) >= 11 is 19.6. The predicted molar refractivity (Wildman–Crippen MR) is 149 cm³/mol. The van der Waals surface area contributed by atoms with Gasteiger partial charge in [-0.25, -0.2) is 18.7 Å². The van der Waals surface area contributed by atoms with Gasteiger partial charge in [-0.15, -0.1) is 0 Å². The van der Waals surface area contributed by atoms with Crippen molar-refractivity contribution in [3.63, 3.8) is 0 Å². The Bertz CT molecular complexity index is 1640. The Morgan fingerprint density at radius 3 is 2.42 bits per heavy atom. The summed E-state index contributed by atoms with van der Waals surface area (Å²) in [7, 11) is 0. The first kappa shape index (κ1) is 26.2. The summed E-state index contributed by atoms with van der Waals surface area (Å²) in [6.07, 6.45) is 1.28. The third-order valence-electron chi connectivity index (χ3n) is 6.48. The third kappa shape index (κ3) is 4.53. The maximum absolute atomic E-state index is 14.8. The van der Waals surface area contributed by atoms with Gasteiger partial charge in [0.1, 0.15) is 11.6 Å². The van der Waals surface area contributed by atoms with E-state index in [0.29, 0.717) is 30.8 Å². The Hall–Kier alpha value is -3.46. The zero-order chi connectivity index (χ0) is 27.1. The molecule has 1 aliphatic rings. The molecule has 1 amide bonds. The van der Waals surface area contributed by atoms with Gasteiger partial charge < -0.3 is 9.80 Å². The number of fused-ring (bicyclic) bond motifs is 1. The molecule has 2 aromatic heterocycles. The number of carbonyl (C=O) groups excluding carboxylic acids is 1. The quantitative estimate of drug-likeness (QED) is 0.290. The van der Waals surface area contributed by atoms with E-state index < -0.39 is 11.5 Å². The zero-order valence-electron chi connectivity index (χ0n) is 20.2. The summed E-state index contributed by atoms with van der Waals surface area (Å²) in [5, 5.41) is 1.05. The minimum atomic E-state index is -0.673. The Kier molecular flexibility index (Phi) is 7.13. The van der Waals surface area contributed by atoms with Crippen molar-refractivity contribution in [1.29, 1.82) is 0 Å². The molecular formula is C27H21Cl3FN5O2. The van der Waals surface area contributed by atoms with E-state index in [2.05, 4.69) is 11.6 Å². The third-order valence-corrected chi connectivity index (χ3v) is 7.38. The molecular weight excluding hydrogens is 552 g/mol. The molecule has 0 radical (unpaired) electrons. The maximum Gasteiger partial charge on any atom is 0.355 e. The fraction of sp³-hybridized carbons (Fsp3) is 0.185. The van der Waals surface area contributed by atoms with Crippen LogP contribution in [0.5, 0.6) is 0 Å². The molecule has 1 aliphatic heterocycles. The van der Waals surface area contributed by atoms with Crippen LogP contribution in [0, 0.1) is 5.82 Å². The molecule has 0 aliphatic carbocycles. The molecule has 38 heavy (non-hydrogen) atoms. The summed E-state index contributed by atoms with van der Waals surface area (Å²) in [5.74, 6) is -0.341. The smallest absolute Gasteiger partial charge is 0.350 e. The molecule has 1 fully saturated rings. The van der Waals surface area contributed by atoms with E-state index in [1.165, 1.54) is 16.7 Å². The van der Waals surface area contributed by atoms with Crippen molar-refractivity contribution in [1.82, 2.24) is 19.4 Å². The predicted octanol–water partition coefficient (Wildman–Crippen LogP) is 5.77. The van der Waals surface area contributed by atoms with Crippen molar-refractivity contribution in [3.8, 4) is 16.9 Å². The molecule has 11 heteroatoms. The second kappa shape index (κ2) is 10.4. The highest BCUT2D eigenvalue weighted by Gasteiger charge is 2.30. The minimum absolute atomic E-state index is 0.153. The molecule has 5 rings (SSSR count). The number of benzene rings is 2. The molecule has 4 aromatic rings. The first-order valence-corrected chi connectivity index (χ1v) is 12.8. The summed E-state index contributed by atoms with van der Waals surface area (Å²) < 4.78 is 16.0. The van der Waals surface area contributed by atoms with Crippen molar-refractivity contribution in [2.45, 2.75) is 13.0 Å². The number of piperazine rings is 1. The number of rotatable bonds is 4. The number of pyridine rings is 1. The number of hydrogen-bond donors (Lipinski definition) is 0. The lowest BCUT2D eigenvalue weighted by molar-refractivity contribution is -0.126. The lowest BCUT2D eigenvalue weighted by Crippen LogP contribution is -2.54. The molecule has 0 saturated carbocycles. The highest BCUT2D eigenvalue weighted by atomic mass is 35.5. The van der Waals surface area contributed by atoms with Crippen molar-refractivity contribution < 1.29 is 9.18 Å². The SMILES string of the molecule is C=CC(=O)N1CCN(c2nc(=O)n(-c3c(Cl)cccc3Cl)c3nc(-c4ccccc4F)c(Cl)cc23)[C@@H](C)C1. The van der Waals surface area contributed by atoms with Gasteiger partial charge in [-0.3, -0.25) is 4.79 Å². The van der Waals surface area contributed by atoms with E-state index in [1.807, 2.05) is 11.8 Å². The van der Waals surface area contributed by atoms with Gasteiger partial charge in [-0.2, -0.15) is 4.98 Å². The number of nitrogens with zero attached hydrogens (tertiary/aromatic N) is 5.